The van der Waals surface area contributed by atoms with Crippen LogP contribution in [0.25, 0.3) is 0 Å². The summed E-state index contributed by atoms with van der Waals surface area (Å²) < 4.78 is 5.19. The fourth-order valence-corrected chi connectivity index (χ4v) is 0.965. The summed E-state index contributed by atoms with van der Waals surface area (Å²) in [5, 5.41) is 11.3. The average molecular weight is 244 g/mol. The summed E-state index contributed by atoms with van der Waals surface area (Å²) in [6, 6.07) is -1.27. The highest BCUT2D eigenvalue weighted by atomic mass is 16.5. The van der Waals surface area contributed by atoms with Crippen molar-refractivity contribution in [3.63, 3.8) is 0 Å². The minimum atomic E-state index is -1.04. The van der Waals surface area contributed by atoms with Crippen LogP contribution < -0.4 is 5.32 Å². The number of urea groups is 1. The van der Waals surface area contributed by atoms with Gasteiger partial charge in [0.2, 0.25) is 0 Å². The number of carbonyl (C=O) groups excluding carboxylic acids is 1. The van der Waals surface area contributed by atoms with E-state index in [9.17, 15) is 9.59 Å². The maximum atomic E-state index is 11.5. The smallest absolute Gasteiger partial charge is 0.326 e. The van der Waals surface area contributed by atoms with E-state index in [1.54, 1.807) is 6.08 Å². The van der Waals surface area contributed by atoms with Gasteiger partial charge in [0.05, 0.1) is 13.2 Å². The number of ether oxygens (including phenoxy) is 1. The molecule has 0 heterocycles. The number of rotatable bonds is 8. The zero-order valence-corrected chi connectivity index (χ0v) is 10.3. The second kappa shape index (κ2) is 8.58. The molecule has 0 aromatic rings. The van der Waals surface area contributed by atoms with E-state index in [1.807, 2.05) is 0 Å². The van der Waals surface area contributed by atoms with Gasteiger partial charge in [-0.15, -0.1) is 6.58 Å². The van der Waals surface area contributed by atoms with Crippen LogP contribution in [0.4, 0.5) is 4.79 Å². The number of carboxylic acids is 1. The van der Waals surface area contributed by atoms with E-state index >= 15 is 0 Å². The van der Waals surface area contributed by atoms with Crippen molar-refractivity contribution in [1.82, 2.24) is 10.2 Å². The number of likely N-dealkylation sites (N-methyl/N-ethyl adjacent to an activating group) is 1. The van der Waals surface area contributed by atoms with E-state index in [0.29, 0.717) is 19.8 Å². The van der Waals surface area contributed by atoms with Crippen molar-refractivity contribution < 1.29 is 19.4 Å². The molecule has 0 aliphatic carbocycles. The van der Waals surface area contributed by atoms with Gasteiger partial charge in [-0.1, -0.05) is 6.08 Å². The molecule has 0 saturated carbocycles. The average Bonchev–Trinajstić information content (AvgIpc) is 2.31. The lowest BCUT2D eigenvalue weighted by atomic mass is 10.3. The molecular formula is C11H20N2O4. The van der Waals surface area contributed by atoms with Gasteiger partial charge in [-0.3, -0.25) is 0 Å². The van der Waals surface area contributed by atoms with Gasteiger partial charge < -0.3 is 20.1 Å². The number of nitrogens with zero attached hydrogens (tertiary/aromatic N) is 1. The lowest BCUT2D eigenvalue weighted by molar-refractivity contribution is -0.141. The predicted molar refractivity (Wildman–Crippen MR) is 63.9 cm³/mol. The molecule has 2 amide bonds. The Hall–Kier alpha value is -1.56. The highest BCUT2D eigenvalue weighted by Crippen LogP contribution is 1.95. The molecule has 6 nitrogen and oxygen atoms in total. The molecule has 98 valence electrons. The number of carboxylic acid groups (broad SMARTS) is 1. The monoisotopic (exact) mass is 244 g/mol. The number of aliphatic carboxylic acids is 1. The summed E-state index contributed by atoms with van der Waals surface area (Å²) in [4.78, 5) is 23.2. The Labute approximate surface area is 101 Å². The van der Waals surface area contributed by atoms with Gasteiger partial charge in [-0.2, -0.15) is 0 Å². The van der Waals surface area contributed by atoms with Gasteiger partial charge in [0, 0.05) is 13.6 Å². The van der Waals surface area contributed by atoms with E-state index in [-0.39, 0.29) is 0 Å². The highest BCUT2D eigenvalue weighted by molar-refractivity contribution is 5.82. The Morgan fingerprint density at radius 1 is 1.53 bits per heavy atom. The van der Waals surface area contributed by atoms with Crippen molar-refractivity contribution >= 4 is 12.0 Å². The molecule has 0 aromatic heterocycles. The summed E-state index contributed by atoms with van der Waals surface area (Å²) in [7, 11) is 1.44. The molecule has 17 heavy (non-hydrogen) atoms. The van der Waals surface area contributed by atoms with Crippen molar-refractivity contribution in [2.24, 2.45) is 0 Å². The molecule has 0 aliphatic heterocycles. The van der Waals surface area contributed by atoms with Crippen LogP contribution in [0, 0.1) is 0 Å². The summed E-state index contributed by atoms with van der Waals surface area (Å²) in [5.41, 5.74) is 0. The lowest BCUT2D eigenvalue weighted by Crippen LogP contribution is -2.46. The first-order valence-corrected chi connectivity index (χ1v) is 5.42. The Kier molecular flexibility index (Phi) is 7.79. The Balaban J connectivity index is 3.71. The van der Waals surface area contributed by atoms with Crippen LogP contribution in [0.2, 0.25) is 0 Å². The maximum Gasteiger partial charge on any atom is 0.326 e. The lowest BCUT2D eigenvalue weighted by Gasteiger charge is -2.21. The minimum Gasteiger partial charge on any atom is -0.480 e. The van der Waals surface area contributed by atoms with E-state index in [0.717, 1.165) is 11.3 Å². The fraction of sp³-hybridized carbons (Fsp3) is 0.636. The molecule has 1 unspecified atom stereocenters. The summed E-state index contributed by atoms with van der Waals surface area (Å²) in [6.45, 7) is 6.32. The molecule has 0 saturated heterocycles. The minimum absolute atomic E-state index is 0.354. The summed E-state index contributed by atoms with van der Waals surface area (Å²) in [5.74, 6) is -1.04. The maximum absolute atomic E-state index is 11.5. The number of carbonyl (C=O) groups is 2. The second-order valence-corrected chi connectivity index (χ2v) is 3.55. The van der Waals surface area contributed by atoms with Crippen molar-refractivity contribution in [1.29, 1.82) is 0 Å². The number of nitrogens with one attached hydrogen (secondary N) is 1. The SMILES string of the molecule is C=CCCOCCNC(=O)N(C)C(C)C(=O)O. The summed E-state index contributed by atoms with van der Waals surface area (Å²) in [6.07, 6.45) is 2.52. The third-order valence-corrected chi connectivity index (χ3v) is 2.25. The number of hydrogen-bond acceptors (Lipinski definition) is 3. The molecule has 0 aromatic carbocycles. The van der Waals surface area contributed by atoms with Gasteiger partial charge in [0.15, 0.2) is 0 Å². The zero-order chi connectivity index (χ0) is 13.3. The van der Waals surface area contributed by atoms with Crippen LogP contribution in [0.5, 0.6) is 0 Å². The predicted octanol–water partition coefficient (Wildman–Crippen LogP) is 0.694. The molecule has 0 radical (unpaired) electrons. The highest BCUT2D eigenvalue weighted by Gasteiger charge is 2.20. The third-order valence-electron chi connectivity index (χ3n) is 2.25. The second-order valence-electron chi connectivity index (χ2n) is 3.55. The van der Waals surface area contributed by atoms with Crippen molar-refractivity contribution in [2.75, 3.05) is 26.8 Å². The number of hydrogen-bond donors (Lipinski definition) is 2. The molecule has 1 atom stereocenters. The number of amides is 2. The molecule has 0 aliphatic rings. The molecular weight excluding hydrogens is 224 g/mol. The first-order chi connectivity index (χ1) is 8.00. The topological polar surface area (TPSA) is 78.9 Å². The van der Waals surface area contributed by atoms with Crippen molar-refractivity contribution in [3.05, 3.63) is 12.7 Å². The van der Waals surface area contributed by atoms with Crippen LogP contribution in [0.3, 0.4) is 0 Å². The van der Waals surface area contributed by atoms with E-state index in [4.69, 9.17) is 9.84 Å². The van der Waals surface area contributed by atoms with Crippen LogP contribution in [-0.4, -0.2) is 54.9 Å². The Bertz CT molecular complexity index is 268. The molecule has 0 bridgehead atoms. The van der Waals surface area contributed by atoms with Gasteiger partial charge >= 0.3 is 12.0 Å². The first-order valence-electron chi connectivity index (χ1n) is 5.42. The van der Waals surface area contributed by atoms with Crippen LogP contribution >= 0.6 is 0 Å². The standard InChI is InChI=1S/C11H20N2O4/c1-4-5-7-17-8-6-12-11(16)13(3)9(2)10(14)15/h4,9H,1,5-8H2,2-3H3,(H,12,16)(H,14,15). The normalized spacial score (nSPS) is 11.6. The quantitative estimate of drug-likeness (QED) is 0.486. The molecule has 0 fully saturated rings. The zero-order valence-electron chi connectivity index (χ0n) is 10.3. The molecule has 2 N–H and O–H groups in total. The first kappa shape index (κ1) is 15.4. The van der Waals surface area contributed by atoms with E-state index in [1.165, 1.54) is 14.0 Å². The Morgan fingerprint density at radius 3 is 2.71 bits per heavy atom. The van der Waals surface area contributed by atoms with E-state index in [2.05, 4.69) is 11.9 Å². The van der Waals surface area contributed by atoms with Gasteiger partial charge in [-0.25, -0.2) is 9.59 Å². The van der Waals surface area contributed by atoms with Crippen LogP contribution in [0.15, 0.2) is 12.7 Å². The fourth-order valence-electron chi connectivity index (χ4n) is 0.965. The van der Waals surface area contributed by atoms with Crippen LogP contribution in [-0.2, 0) is 9.53 Å². The molecule has 0 spiro atoms. The van der Waals surface area contributed by atoms with E-state index < -0.39 is 18.0 Å². The van der Waals surface area contributed by atoms with Gasteiger partial charge in [0.25, 0.3) is 0 Å². The van der Waals surface area contributed by atoms with Gasteiger partial charge in [0.1, 0.15) is 6.04 Å². The summed E-state index contributed by atoms with van der Waals surface area (Å²) >= 11 is 0. The molecule has 0 rings (SSSR count). The Morgan fingerprint density at radius 2 is 2.18 bits per heavy atom. The van der Waals surface area contributed by atoms with Crippen LogP contribution in [0.1, 0.15) is 13.3 Å². The van der Waals surface area contributed by atoms with Crippen molar-refractivity contribution in [2.45, 2.75) is 19.4 Å². The van der Waals surface area contributed by atoms with Gasteiger partial charge in [-0.05, 0) is 13.3 Å². The third kappa shape index (κ3) is 6.57. The molecule has 6 heteroatoms. The van der Waals surface area contributed by atoms with Crippen molar-refractivity contribution in [3.8, 4) is 0 Å². The largest absolute Gasteiger partial charge is 0.480 e.